The lowest BCUT2D eigenvalue weighted by atomic mass is 10.1. The molecule has 2 aromatic heterocycles. The van der Waals surface area contributed by atoms with Gasteiger partial charge < -0.3 is 10.6 Å². The molecule has 1 aliphatic carbocycles. The molecule has 6 heteroatoms. The van der Waals surface area contributed by atoms with E-state index in [1.165, 1.54) is 37.8 Å². The highest BCUT2D eigenvalue weighted by atomic mass is 35.5. The summed E-state index contributed by atoms with van der Waals surface area (Å²) in [5.74, 6) is 0.599. The Kier molecular flexibility index (Phi) is 5.72. The van der Waals surface area contributed by atoms with Crippen LogP contribution in [-0.4, -0.2) is 16.0 Å². The molecule has 0 unspecified atom stereocenters. The van der Waals surface area contributed by atoms with Crippen LogP contribution in [0.15, 0.2) is 55.0 Å². The van der Waals surface area contributed by atoms with E-state index >= 15 is 0 Å². The highest BCUT2D eigenvalue weighted by molar-refractivity contribution is 6.33. The van der Waals surface area contributed by atoms with E-state index in [4.69, 9.17) is 11.6 Å². The minimum Gasteiger partial charge on any atom is -0.380 e. The number of nitrogens with one attached hydrogen (secondary N) is 2. The number of nitrogens with zero attached hydrogens (tertiary/aromatic N) is 2. The highest BCUT2D eigenvalue weighted by Crippen LogP contribution is 2.31. The van der Waals surface area contributed by atoms with Crippen molar-refractivity contribution < 1.29 is 4.39 Å². The van der Waals surface area contributed by atoms with Gasteiger partial charge in [0.1, 0.15) is 11.6 Å². The van der Waals surface area contributed by atoms with E-state index in [2.05, 4.69) is 20.6 Å². The maximum absolute atomic E-state index is 13.3. The summed E-state index contributed by atoms with van der Waals surface area (Å²) in [5, 5.41) is 7.38. The fourth-order valence-corrected chi connectivity index (χ4v) is 3.77. The molecule has 1 aliphatic rings. The molecule has 0 spiro atoms. The Hall–Kier alpha value is -2.66. The maximum atomic E-state index is 13.3. The van der Waals surface area contributed by atoms with Gasteiger partial charge in [0.05, 0.1) is 10.7 Å². The number of benzene rings is 1. The summed E-state index contributed by atoms with van der Waals surface area (Å²) in [4.78, 5) is 8.75. The van der Waals surface area contributed by atoms with Gasteiger partial charge in [-0.1, -0.05) is 36.6 Å². The van der Waals surface area contributed by atoms with Crippen LogP contribution in [0.5, 0.6) is 0 Å². The Labute approximate surface area is 169 Å². The fourth-order valence-electron chi connectivity index (χ4n) is 3.55. The van der Waals surface area contributed by atoms with Crippen LogP contribution in [0.2, 0.25) is 5.02 Å². The number of aromatic nitrogens is 2. The number of rotatable bonds is 6. The molecule has 28 heavy (non-hydrogen) atoms. The van der Waals surface area contributed by atoms with Crippen LogP contribution in [0.4, 0.5) is 15.9 Å². The summed E-state index contributed by atoms with van der Waals surface area (Å²) in [5.41, 5.74) is 3.51. The van der Waals surface area contributed by atoms with Gasteiger partial charge in [0, 0.05) is 42.3 Å². The second kappa shape index (κ2) is 8.57. The second-order valence-corrected chi connectivity index (χ2v) is 7.53. The molecule has 0 saturated heterocycles. The van der Waals surface area contributed by atoms with Gasteiger partial charge in [0.25, 0.3) is 0 Å². The number of hydrogen-bond acceptors (Lipinski definition) is 4. The van der Waals surface area contributed by atoms with Crippen molar-refractivity contribution in [3.8, 4) is 11.1 Å². The summed E-state index contributed by atoms with van der Waals surface area (Å²) in [6, 6.07) is 11.0. The van der Waals surface area contributed by atoms with Gasteiger partial charge in [-0.15, -0.1) is 0 Å². The quantitative estimate of drug-likeness (QED) is 0.544. The van der Waals surface area contributed by atoms with Crippen LogP contribution in [0.1, 0.15) is 31.2 Å². The molecule has 0 radical (unpaired) electrons. The highest BCUT2D eigenvalue weighted by Gasteiger charge is 2.16. The van der Waals surface area contributed by atoms with Crippen LogP contribution < -0.4 is 10.6 Å². The Morgan fingerprint density at radius 1 is 1.07 bits per heavy atom. The molecule has 2 N–H and O–H groups in total. The molecule has 1 fully saturated rings. The van der Waals surface area contributed by atoms with Crippen LogP contribution in [0.3, 0.4) is 0 Å². The summed E-state index contributed by atoms with van der Waals surface area (Å²) < 4.78 is 13.3. The molecule has 0 amide bonds. The Bertz CT molecular complexity index is 957. The Morgan fingerprint density at radius 2 is 1.93 bits per heavy atom. The predicted molar refractivity (Wildman–Crippen MR) is 112 cm³/mol. The molecule has 3 aromatic rings. The summed E-state index contributed by atoms with van der Waals surface area (Å²) in [7, 11) is 0. The first kappa shape index (κ1) is 18.7. The van der Waals surface area contributed by atoms with Gasteiger partial charge in [0.2, 0.25) is 0 Å². The zero-order valence-corrected chi connectivity index (χ0v) is 16.2. The van der Waals surface area contributed by atoms with Gasteiger partial charge >= 0.3 is 0 Å². The number of pyridine rings is 2. The first-order valence-corrected chi connectivity index (χ1v) is 9.91. The first-order valence-electron chi connectivity index (χ1n) is 9.53. The maximum Gasteiger partial charge on any atom is 0.126 e. The van der Waals surface area contributed by atoms with E-state index < -0.39 is 0 Å². The van der Waals surface area contributed by atoms with Gasteiger partial charge in [0.15, 0.2) is 0 Å². The molecule has 0 aliphatic heterocycles. The minimum atomic E-state index is -0.239. The van der Waals surface area contributed by atoms with Gasteiger partial charge in [-0.2, -0.15) is 0 Å². The lowest BCUT2D eigenvalue weighted by Gasteiger charge is -2.14. The Morgan fingerprint density at radius 3 is 2.75 bits per heavy atom. The first-order chi connectivity index (χ1) is 13.7. The number of halogens is 2. The lowest BCUT2D eigenvalue weighted by molar-refractivity contribution is 0.626. The van der Waals surface area contributed by atoms with E-state index in [0.29, 0.717) is 17.6 Å². The standard InChI is InChI=1S/C22H22ClFN4/c23-21-14-27-22(28-18-6-1-2-7-18)10-20(21)16-9-19(13-25-12-16)26-11-15-4-3-5-17(24)8-15/h3-5,8-10,12-14,18,26H,1-2,6-7,11H2,(H,27,28). The second-order valence-electron chi connectivity index (χ2n) is 7.12. The third-order valence-corrected chi connectivity index (χ3v) is 5.30. The van der Waals surface area contributed by atoms with Crippen LogP contribution in [0, 0.1) is 5.82 Å². The van der Waals surface area contributed by atoms with Crippen LogP contribution in [0.25, 0.3) is 11.1 Å². The van der Waals surface area contributed by atoms with Crippen LogP contribution >= 0.6 is 11.6 Å². The van der Waals surface area contributed by atoms with Gasteiger partial charge in [-0.25, -0.2) is 9.37 Å². The normalized spacial score (nSPS) is 14.2. The van der Waals surface area contributed by atoms with E-state index in [0.717, 1.165) is 28.2 Å². The van der Waals surface area contributed by atoms with Crippen molar-refractivity contribution in [3.63, 3.8) is 0 Å². The van der Waals surface area contributed by atoms with Crippen molar-refractivity contribution in [3.05, 3.63) is 71.4 Å². The van der Waals surface area contributed by atoms with Gasteiger partial charge in [-0.3, -0.25) is 4.98 Å². The summed E-state index contributed by atoms with van der Waals surface area (Å²) in [6.07, 6.45) is 10.1. The molecule has 4 rings (SSSR count). The largest absolute Gasteiger partial charge is 0.380 e. The smallest absolute Gasteiger partial charge is 0.126 e. The SMILES string of the molecule is Fc1cccc(CNc2cncc(-c3cc(NC4CCCC4)ncc3Cl)c2)c1. The van der Waals surface area contributed by atoms with E-state index in [-0.39, 0.29) is 5.82 Å². The molecule has 1 saturated carbocycles. The monoisotopic (exact) mass is 396 g/mol. The molecule has 0 atom stereocenters. The zero-order valence-electron chi connectivity index (χ0n) is 15.5. The van der Waals surface area contributed by atoms with Crippen LogP contribution in [-0.2, 0) is 6.54 Å². The average Bonchev–Trinajstić information content (AvgIpc) is 3.21. The van der Waals surface area contributed by atoms with Crippen molar-refractivity contribution in [2.75, 3.05) is 10.6 Å². The molecular weight excluding hydrogens is 375 g/mol. The van der Waals surface area contributed by atoms with Crippen molar-refractivity contribution in [2.45, 2.75) is 38.3 Å². The topological polar surface area (TPSA) is 49.8 Å². The third-order valence-electron chi connectivity index (χ3n) is 5.00. The average molecular weight is 397 g/mol. The van der Waals surface area contributed by atoms with Crippen molar-refractivity contribution in [1.82, 2.24) is 9.97 Å². The molecule has 1 aromatic carbocycles. The van der Waals surface area contributed by atoms with E-state index in [1.54, 1.807) is 24.7 Å². The minimum absolute atomic E-state index is 0.239. The predicted octanol–water partition coefficient (Wildman–Crippen LogP) is 5.90. The van der Waals surface area contributed by atoms with Crippen molar-refractivity contribution in [1.29, 1.82) is 0 Å². The summed E-state index contributed by atoms with van der Waals surface area (Å²) >= 11 is 6.41. The van der Waals surface area contributed by atoms with Gasteiger partial charge in [-0.05, 0) is 42.7 Å². The summed E-state index contributed by atoms with van der Waals surface area (Å²) in [6.45, 7) is 0.515. The molecule has 0 bridgehead atoms. The molecule has 2 heterocycles. The van der Waals surface area contributed by atoms with E-state index in [9.17, 15) is 4.39 Å². The number of anilines is 2. The molecule has 144 valence electrons. The van der Waals surface area contributed by atoms with E-state index in [1.807, 2.05) is 18.2 Å². The Balaban J connectivity index is 1.51. The molecular formula is C22H22ClFN4. The lowest BCUT2D eigenvalue weighted by Crippen LogP contribution is -2.15. The zero-order chi connectivity index (χ0) is 19.3. The van der Waals surface area contributed by atoms with Crippen molar-refractivity contribution in [2.24, 2.45) is 0 Å². The van der Waals surface area contributed by atoms with Crippen molar-refractivity contribution >= 4 is 23.1 Å². The third kappa shape index (κ3) is 4.60. The fraction of sp³-hybridized carbons (Fsp3) is 0.273. The number of hydrogen-bond donors (Lipinski definition) is 2. The molecule has 4 nitrogen and oxygen atoms in total.